The quantitative estimate of drug-likeness (QED) is 0.340. The molecule has 3 aromatic rings. The van der Waals surface area contributed by atoms with Crippen molar-refractivity contribution >= 4 is 58.2 Å². The number of ether oxygens (including phenoxy) is 1. The van der Waals surface area contributed by atoms with E-state index < -0.39 is 0 Å². The molecular weight excluding hydrogens is 479 g/mol. The molecule has 0 aromatic heterocycles. The zero-order chi connectivity index (χ0) is 24.0. The zero-order valence-corrected chi connectivity index (χ0v) is 20.8. The Morgan fingerprint density at radius 1 is 1.00 bits per heavy atom. The first-order valence-electron chi connectivity index (χ1n) is 10.2. The fraction of sp³-hybridized carbons (Fsp3) is 0.200. The van der Waals surface area contributed by atoms with E-state index in [0.29, 0.717) is 27.2 Å². The fourth-order valence-electron chi connectivity index (χ4n) is 3.03. The van der Waals surface area contributed by atoms with E-state index in [1.165, 1.54) is 18.9 Å². The summed E-state index contributed by atoms with van der Waals surface area (Å²) in [5.41, 5.74) is 3.01. The van der Waals surface area contributed by atoms with Crippen molar-refractivity contribution in [3.05, 3.63) is 81.8 Å². The van der Waals surface area contributed by atoms with E-state index in [0.717, 1.165) is 16.0 Å². The van der Waals surface area contributed by atoms with Crippen LogP contribution >= 0.6 is 35.0 Å². The number of methoxy groups -OCH3 is 1. The monoisotopic (exact) mass is 502 g/mol. The van der Waals surface area contributed by atoms with Gasteiger partial charge in [0.25, 0.3) is 0 Å². The maximum absolute atomic E-state index is 12.7. The van der Waals surface area contributed by atoms with Gasteiger partial charge in [0, 0.05) is 26.7 Å². The largest absolute Gasteiger partial charge is 0.495 e. The second-order valence-electron chi connectivity index (χ2n) is 7.43. The van der Waals surface area contributed by atoms with Crippen LogP contribution in [0.2, 0.25) is 10.0 Å². The molecule has 0 aliphatic heterocycles. The standard InChI is InChI=1S/C25H24Cl2N2O3S/c1-15-12-22(23(32-3)14-21(15)27)29-25(31)16(2)33-20-10-8-19(9-11-20)28-24(30)13-17-4-6-18(26)7-5-17/h4-12,14,16H,13H2,1-3H3,(H,28,30)(H,29,31). The third-order valence-corrected chi connectivity index (χ3v) is 6.61. The summed E-state index contributed by atoms with van der Waals surface area (Å²) in [5, 5.41) is 6.65. The van der Waals surface area contributed by atoms with Gasteiger partial charge >= 0.3 is 0 Å². The molecule has 0 aliphatic rings. The molecule has 5 nitrogen and oxygen atoms in total. The number of carbonyl (C=O) groups is 2. The highest BCUT2D eigenvalue weighted by molar-refractivity contribution is 8.00. The number of aryl methyl sites for hydroxylation is 1. The maximum atomic E-state index is 12.7. The van der Waals surface area contributed by atoms with E-state index in [9.17, 15) is 9.59 Å². The van der Waals surface area contributed by atoms with Gasteiger partial charge in [-0.05, 0) is 67.4 Å². The minimum Gasteiger partial charge on any atom is -0.495 e. The SMILES string of the molecule is COc1cc(Cl)c(C)cc1NC(=O)C(C)Sc1ccc(NC(=O)Cc2ccc(Cl)cc2)cc1. The van der Waals surface area contributed by atoms with Crippen molar-refractivity contribution in [1.82, 2.24) is 0 Å². The van der Waals surface area contributed by atoms with Crippen LogP contribution in [0.4, 0.5) is 11.4 Å². The molecule has 8 heteroatoms. The molecule has 3 aromatic carbocycles. The van der Waals surface area contributed by atoms with Crippen molar-refractivity contribution in [2.24, 2.45) is 0 Å². The Morgan fingerprint density at radius 2 is 1.67 bits per heavy atom. The first-order valence-corrected chi connectivity index (χ1v) is 11.8. The summed E-state index contributed by atoms with van der Waals surface area (Å²) >= 11 is 13.4. The van der Waals surface area contributed by atoms with Crippen LogP contribution in [0.3, 0.4) is 0 Å². The Labute approximate surface area is 207 Å². The number of benzene rings is 3. The molecule has 0 heterocycles. The summed E-state index contributed by atoms with van der Waals surface area (Å²) in [7, 11) is 1.53. The summed E-state index contributed by atoms with van der Waals surface area (Å²) in [6.45, 7) is 3.70. The van der Waals surface area contributed by atoms with Gasteiger partial charge in [-0.2, -0.15) is 0 Å². The van der Waals surface area contributed by atoms with Crippen molar-refractivity contribution < 1.29 is 14.3 Å². The molecule has 0 fully saturated rings. The first kappa shape index (κ1) is 25.0. The van der Waals surface area contributed by atoms with Crippen LogP contribution in [-0.2, 0) is 16.0 Å². The van der Waals surface area contributed by atoms with Crippen LogP contribution in [-0.4, -0.2) is 24.2 Å². The smallest absolute Gasteiger partial charge is 0.237 e. The molecule has 0 saturated heterocycles. The molecule has 0 saturated carbocycles. The molecule has 172 valence electrons. The number of nitrogens with one attached hydrogen (secondary N) is 2. The highest BCUT2D eigenvalue weighted by atomic mass is 35.5. The summed E-state index contributed by atoms with van der Waals surface area (Å²) in [5.74, 6) is 0.243. The summed E-state index contributed by atoms with van der Waals surface area (Å²) in [4.78, 5) is 25.9. The van der Waals surface area contributed by atoms with Gasteiger partial charge in [0.1, 0.15) is 5.75 Å². The van der Waals surface area contributed by atoms with E-state index in [1.54, 1.807) is 24.3 Å². The van der Waals surface area contributed by atoms with Crippen molar-refractivity contribution in [1.29, 1.82) is 0 Å². The third kappa shape index (κ3) is 7.16. The highest BCUT2D eigenvalue weighted by Crippen LogP contribution is 2.32. The van der Waals surface area contributed by atoms with Crippen molar-refractivity contribution in [2.45, 2.75) is 30.4 Å². The van der Waals surface area contributed by atoms with Gasteiger partial charge in [0.2, 0.25) is 11.8 Å². The fourth-order valence-corrected chi connectivity index (χ4v) is 4.18. The van der Waals surface area contributed by atoms with Gasteiger partial charge < -0.3 is 15.4 Å². The lowest BCUT2D eigenvalue weighted by Gasteiger charge is -2.15. The molecule has 1 unspecified atom stereocenters. The third-order valence-electron chi connectivity index (χ3n) is 4.84. The van der Waals surface area contributed by atoms with Gasteiger partial charge in [-0.15, -0.1) is 11.8 Å². The summed E-state index contributed by atoms with van der Waals surface area (Å²) in [6.07, 6.45) is 0.262. The van der Waals surface area contributed by atoms with Crippen molar-refractivity contribution in [3.8, 4) is 5.75 Å². The number of halogens is 2. The number of carbonyl (C=O) groups excluding carboxylic acids is 2. The van der Waals surface area contributed by atoms with Crippen LogP contribution in [0.25, 0.3) is 0 Å². The molecule has 0 bridgehead atoms. The van der Waals surface area contributed by atoms with E-state index in [4.69, 9.17) is 27.9 Å². The van der Waals surface area contributed by atoms with E-state index in [-0.39, 0.29) is 23.5 Å². The Kier molecular flexibility index (Phi) is 8.67. The van der Waals surface area contributed by atoms with Gasteiger partial charge in [0.15, 0.2) is 0 Å². The lowest BCUT2D eigenvalue weighted by Crippen LogP contribution is -2.22. The van der Waals surface area contributed by atoms with Crippen LogP contribution in [0.5, 0.6) is 5.75 Å². The number of anilines is 2. The predicted molar refractivity (Wildman–Crippen MR) is 137 cm³/mol. The molecule has 2 N–H and O–H groups in total. The molecule has 0 radical (unpaired) electrons. The van der Waals surface area contributed by atoms with Crippen molar-refractivity contribution in [2.75, 3.05) is 17.7 Å². The van der Waals surface area contributed by atoms with E-state index in [2.05, 4.69) is 10.6 Å². The van der Waals surface area contributed by atoms with Gasteiger partial charge in [-0.25, -0.2) is 0 Å². The van der Waals surface area contributed by atoms with Crippen molar-refractivity contribution in [3.63, 3.8) is 0 Å². The zero-order valence-electron chi connectivity index (χ0n) is 18.4. The molecular formula is C25H24Cl2N2O3S. The number of thioether (sulfide) groups is 1. The topological polar surface area (TPSA) is 67.4 Å². The minimum atomic E-state index is -0.351. The lowest BCUT2D eigenvalue weighted by atomic mass is 10.1. The Bertz CT molecular complexity index is 1140. The lowest BCUT2D eigenvalue weighted by molar-refractivity contribution is -0.116. The Balaban J connectivity index is 1.55. The molecule has 0 spiro atoms. The minimum absolute atomic E-state index is 0.113. The highest BCUT2D eigenvalue weighted by Gasteiger charge is 2.17. The first-order chi connectivity index (χ1) is 15.7. The van der Waals surface area contributed by atoms with Crippen LogP contribution in [0.1, 0.15) is 18.1 Å². The summed E-state index contributed by atoms with van der Waals surface area (Å²) < 4.78 is 5.32. The Hall–Kier alpha value is -2.67. The second-order valence-corrected chi connectivity index (χ2v) is 9.68. The van der Waals surface area contributed by atoms with Gasteiger partial charge in [-0.3, -0.25) is 9.59 Å². The Morgan fingerprint density at radius 3 is 2.30 bits per heavy atom. The van der Waals surface area contributed by atoms with Crippen LogP contribution in [0.15, 0.2) is 65.6 Å². The van der Waals surface area contributed by atoms with E-state index >= 15 is 0 Å². The number of hydrogen-bond donors (Lipinski definition) is 2. The molecule has 33 heavy (non-hydrogen) atoms. The number of hydrogen-bond acceptors (Lipinski definition) is 4. The average Bonchev–Trinajstić information content (AvgIpc) is 2.78. The molecule has 1 atom stereocenters. The molecule has 3 rings (SSSR count). The number of amides is 2. The average molecular weight is 503 g/mol. The van der Waals surface area contributed by atoms with Gasteiger partial charge in [0.05, 0.1) is 24.5 Å². The molecule has 0 aliphatic carbocycles. The second kappa shape index (κ2) is 11.5. The van der Waals surface area contributed by atoms with Crippen LogP contribution in [0, 0.1) is 6.92 Å². The number of rotatable bonds is 8. The van der Waals surface area contributed by atoms with Crippen LogP contribution < -0.4 is 15.4 Å². The van der Waals surface area contributed by atoms with Gasteiger partial charge in [-0.1, -0.05) is 35.3 Å². The molecule has 2 amide bonds. The predicted octanol–water partition coefficient (Wildman–Crippen LogP) is 6.61. The van der Waals surface area contributed by atoms with E-state index in [1.807, 2.05) is 50.2 Å². The maximum Gasteiger partial charge on any atom is 0.237 e. The normalized spacial score (nSPS) is 11.5. The summed E-state index contributed by atoms with van der Waals surface area (Å²) in [6, 6.07) is 18.0.